The molecule has 0 bridgehead atoms. The van der Waals surface area contributed by atoms with Crippen molar-refractivity contribution in [1.82, 2.24) is 0 Å². The molecular formula is C41H65F3O. The molecule has 0 amide bonds. The van der Waals surface area contributed by atoms with Crippen molar-refractivity contribution in [2.75, 3.05) is 0 Å². The first kappa shape index (κ1) is 46.5. The highest BCUT2D eigenvalue weighted by Crippen LogP contribution is 2.38. The van der Waals surface area contributed by atoms with Crippen LogP contribution in [0.1, 0.15) is 126 Å². The van der Waals surface area contributed by atoms with Crippen LogP contribution in [0.25, 0.3) is 0 Å². The fourth-order valence-electron chi connectivity index (χ4n) is 3.82. The van der Waals surface area contributed by atoms with Crippen molar-refractivity contribution in [3.05, 3.63) is 107 Å². The molecule has 0 saturated carbocycles. The maximum Gasteiger partial charge on any atom is 0.416 e. The van der Waals surface area contributed by atoms with Gasteiger partial charge in [0.2, 0.25) is 0 Å². The van der Waals surface area contributed by atoms with Crippen LogP contribution < -0.4 is 0 Å². The lowest BCUT2D eigenvalue weighted by atomic mass is 9.84. The molecule has 2 aliphatic rings. The van der Waals surface area contributed by atoms with E-state index in [1.54, 1.807) is 12.2 Å². The van der Waals surface area contributed by atoms with Gasteiger partial charge >= 0.3 is 6.18 Å². The minimum Gasteiger partial charge on any atom is -0.294 e. The van der Waals surface area contributed by atoms with Gasteiger partial charge < -0.3 is 0 Å². The number of hydrogen-bond acceptors (Lipinski definition) is 1. The van der Waals surface area contributed by atoms with E-state index in [9.17, 15) is 18.0 Å². The van der Waals surface area contributed by atoms with Gasteiger partial charge in [0.05, 0.1) is 5.57 Å². The largest absolute Gasteiger partial charge is 0.416 e. The van der Waals surface area contributed by atoms with Crippen LogP contribution in [0.2, 0.25) is 0 Å². The summed E-state index contributed by atoms with van der Waals surface area (Å²) in [5, 5.41) is 0. The van der Waals surface area contributed by atoms with Crippen molar-refractivity contribution in [2.45, 2.75) is 134 Å². The molecule has 45 heavy (non-hydrogen) atoms. The number of ketones is 1. The Kier molecular flexibility index (Phi) is 28.4. The molecule has 4 heteroatoms. The number of aryl methyl sites for hydroxylation is 2. The molecule has 1 aromatic rings. The van der Waals surface area contributed by atoms with Crippen LogP contribution in [0.15, 0.2) is 95.7 Å². The Morgan fingerprint density at radius 3 is 1.87 bits per heavy atom. The minimum absolute atomic E-state index is 0.0287. The molecule has 0 aromatic heterocycles. The second-order valence-corrected chi connectivity index (χ2v) is 11.8. The number of benzene rings is 1. The van der Waals surface area contributed by atoms with E-state index in [0.29, 0.717) is 18.4 Å². The number of unbranched alkanes of at least 4 members (excludes halogenated alkanes) is 2. The molecule has 0 saturated heterocycles. The molecule has 1 atom stereocenters. The Bertz CT molecular complexity index is 1070. The highest BCUT2D eigenvalue weighted by Gasteiger charge is 2.36. The quantitative estimate of drug-likeness (QED) is 0.296. The van der Waals surface area contributed by atoms with Crippen LogP contribution in [0.3, 0.4) is 0 Å². The highest BCUT2D eigenvalue weighted by atomic mass is 19.4. The number of hydrogen-bond donors (Lipinski definition) is 0. The summed E-state index contributed by atoms with van der Waals surface area (Å²) in [4.78, 5) is 10.8. The highest BCUT2D eigenvalue weighted by molar-refractivity contribution is 5.94. The van der Waals surface area contributed by atoms with Gasteiger partial charge in [-0.2, -0.15) is 13.2 Å². The summed E-state index contributed by atoms with van der Waals surface area (Å²) in [6.07, 6.45) is 11.5. The smallest absolute Gasteiger partial charge is 0.294 e. The van der Waals surface area contributed by atoms with Crippen molar-refractivity contribution in [3.63, 3.8) is 0 Å². The number of allylic oxidation sites excluding steroid dienone is 10. The van der Waals surface area contributed by atoms with Crippen molar-refractivity contribution in [3.8, 4) is 0 Å². The molecule has 0 heterocycles. The third-order valence-electron chi connectivity index (χ3n) is 6.48. The van der Waals surface area contributed by atoms with E-state index in [4.69, 9.17) is 0 Å². The molecule has 0 radical (unpaired) electrons. The van der Waals surface area contributed by atoms with E-state index in [-0.39, 0.29) is 17.6 Å². The fourth-order valence-corrected chi connectivity index (χ4v) is 3.82. The Morgan fingerprint density at radius 1 is 0.978 bits per heavy atom. The number of rotatable bonds is 5. The third-order valence-corrected chi connectivity index (χ3v) is 6.48. The van der Waals surface area contributed by atoms with Gasteiger partial charge in [-0.1, -0.05) is 147 Å². The first-order chi connectivity index (χ1) is 21.0. The maximum absolute atomic E-state index is 12.6. The SMILES string of the molecule is C=C(C)C.C=C1CC(=O)C=C/C1=C/C.CC.CC1C=CC(C(F)(F)F)=C(C(C)C)C1.CCCC.CCCCc1ccc(C)cc1. The predicted octanol–water partition coefficient (Wildman–Crippen LogP) is 13.9. The van der Waals surface area contributed by atoms with Crippen LogP contribution >= 0.6 is 0 Å². The second kappa shape index (κ2) is 27.4. The summed E-state index contributed by atoms with van der Waals surface area (Å²) in [5.74, 6) is 0.341. The monoisotopic (exact) mass is 630 g/mol. The Morgan fingerprint density at radius 2 is 1.49 bits per heavy atom. The maximum atomic E-state index is 12.6. The van der Waals surface area contributed by atoms with Gasteiger partial charge in [-0.25, -0.2) is 0 Å². The van der Waals surface area contributed by atoms with Gasteiger partial charge in [0.1, 0.15) is 0 Å². The number of alkyl halides is 3. The molecule has 1 aromatic carbocycles. The van der Waals surface area contributed by atoms with Gasteiger partial charge in [0, 0.05) is 6.42 Å². The molecule has 1 nitrogen and oxygen atoms in total. The summed E-state index contributed by atoms with van der Waals surface area (Å²) in [6.45, 7) is 31.5. The van der Waals surface area contributed by atoms with E-state index in [0.717, 1.165) is 11.1 Å². The molecule has 2 aliphatic carbocycles. The van der Waals surface area contributed by atoms with Crippen molar-refractivity contribution in [1.29, 1.82) is 0 Å². The zero-order chi connectivity index (χ0) is 35.6. The first-order valence-electron chi connectivity index (χ1n) is 16.7. The molecule has 0 aliphatic heterocycles. The predicted molar refractivity (Wildman–Crippen MR) is 195 cm³/mol. The topological polar surface area (TPSA) is 17.1 Å². The van der Waals surface area contributed by atoms with Gasteiger partial charge in [0.25, 0.3) is 0 Å². The fraction of sp³-hybridized carbons (Fsp3) is 0.537. The summed E-state index contributed by atoms with van der Waals surface area (Å²) in [5.41, 5.74) is 6.09. The van der Waals surface area contributed by atoms with Crippen LogP contribution in [-0.2, 0) is 11.2 Å². The Hall–Kier alpha value is -2.88. The molecule has 0 N–H and O–H groups in total. The number of carbonyl (C=O) groups is 1. The average molecular weight is 631 g/mol. The van der Waals surface area contributed by atoms with E-state index >= 15 is 0 Å². The van der Waals surface area contributed by atoms with E-state index in [1.165, 1.54) is 54.9 Å². The van der Waals surface area contributed by atoms with Crippen molar-refractivity contribution < 1.29 is 18.0 Å². The molecule has 1 unspecified atom stereocenters. The van der Waals surface area contributed by atoms with Gasteiger partial charge in [0.15, 0.2) is 5.78 Å². The summed E-state index contributed by atoms with van der Waals surface area (Å²) >= 11 is 0. The van der Waals surface area contributed by atoms with Gasteiger partial charge in [-0.3, -0.25) is 4.79 Å². The third kappa shape index (κ3) is 25.1. The average Bonchev–Trinajstić information content (AvgIpc) is 2.98. The second-order valence-electron chi connectivity index (χ2n) is 11.8. The van der Waals surface area contributed by atoms with Crippen LogP contribution in [-0.4, -0.2) is 12.0 Å². The molecule has 0 spiro atoms. The van der Waals surface area contributed by atoms with Crippen molar-refractivity contribution in [2.24, 2.45) is 11.8 Å². The number of halogens is 3. The minimum atomic E-state index is -4.20. The summed E-state index contributed by atoms with van der Waals surface area (Å²) in [6, 6.07) is 8.83. The summed E-state index contributed by atoms with van der Waals surface area (Å²) < 4.78 is 37.7. The van der Waals surface area contributed by atoms with E-state index in [1.807, 2.05) is 67.5 Å². The van der Waals surface area contributed by atoms with E-state index < -0.39 is 11.7 Å². The lowest BCUT2D eigenvalue weighted by molar-refractivity contribution is -0.114. The molecule has 0 fully saturated rings. The van der Waals surface area contributed by atoms with Crippen LogP contribution in [0, 0.1) is 18.8 Å². The molecule has 3 rings (SSSR count). The lowest BCUT2D eigenvalue weighted by Gasteiger charge is -2.24. The molecular weight excluding hydrogens is 565 g/mol. The lowest BCUT2D eigenvalue weighted by Crippen LogP contribution is -2.18. The normalized spacial score (nSPS) is 16.1. The number of carbonyl (C=O) groups excluding carboxylic acids is 1. The Balaban J connectivity index is -0.000000517. The zero-order valence-corrected chi connectivity index (χ0v) is 30.8. The summed E-state index contributed by atoms with van der Waals surface area (Å²) in [7, 11) is 0. The van der Waals surface area contributed by atoms with Crippen LogP contribution in [0.5, 0.6) is 0 Å². The van der Waals surface area contributed by atoms with Crippen molar-refractivity contribution >= 4 is 5.78 Å². The van der Waals surface area contributed by atoms with Crippen LogP contribution in [0.4, 0.5) is 13.2 Å². The standard InChI is InChI=1S/C11H15F3.C11H16.C9H10O.C4H8.C4H10.C2H6/c1-7(2)9-6-8(3)4-5-10(9)11(12,13)14;1-3-4-5-11-8-6-10(2)7-9-11;1-3-8-4-5-9(10)6-7(8)2;1-4(2)3;1-3-4-2;1-2/h4-5,7-8H,6H2,1-3H3;6-9H,3-5H2,1-2H3;3-5H,2,6H2,1H3;1H2,2-3H3;3-4H2,1-2H3;1-2H3/b;;8-3-;;;. The van der Waals surface area contributed by atoms with Gasteiger partial charge in [-0.15, -0.1) is 6.58 Å². The zero-order valence-electron chi connectivity index (χ0n) is 30.8. The first-order valence-corrected chi connectivity index (χ1v) is 16.7. The Labute approximate surface area is 276 Å². The van der Waals surface area contributed by atoms with Gasteiger partial charge in [-0.05, 0) is 81.6 Å². The van der Waals surface area contributed by atoms with E-state index in [2.05, 4.69) is 65.1 Å². The molecule has 256 valence electrons.